The van der Waals surface area contributed by atoms with Gasteiger partial charge in [-0.25, -0.2) is 0 Å². The summed E-state index contributed by atoms with van der Waals surface area (Å²) < 4.78 is 77.2. The Balaban J connectivity index is 2.92. The Morgan fingerprint density at radius 2 is 1.45 bits per heavy atom. The average molecular weight is 307 g/mol. The maximum Gasteiger partial charge on any atom is 0.404 e. The van der Waals surface area contributed by atoms with Gasteiger partial charge in [0.15, 0.2) is 5.41 Å². The smallest absolute Gasteiger partial charge is 0.389 e. The van der Waals surface area contributed by atoms with E-state index in [2.05, 4.69) is 0 Å². The van der Waals surface area contributed by atoms with Crippen LogP contribution in [0.4, 0.5) is 26.3 Å². The van der Waals surface area contributed by atoms with Crippen molar-refractivity contribution in [3.05, 3.63) is 0 Å². The van der Waals surface area contributed by atoms with Gasteiger partial charge in [-0.3, -0.25) is 4.90 Å². The molecule has 1 heterocycles. The molecule has 1 saturated heterocycles. The highest BCUT2D eigenvalue weighted by molar-refractivity contribution is 5.01. The summed E-state index contributed by atoms with van der Waals surface area (Å²) in [4.78, 5) is 1.06. The molecule has 0 aromatic heterocycles. The van der Waals surface area contributed by atoms with E-state index in [-0.39, 0.29) is 25.9 Å². The summed E-state index contributed by atoms with van der Waals surface area (Å²) in [5, 5.41) is 10.1. The van der Waals surface area contributed by atoms with Crippen molar-refractivity contribution in [2.45, 2.75) is 51.1 Å². The molecule has 20 heavy (non-hydrogen) atoms. The molecule has 1 fully saturated rings. The first kappa shape index (κ1) is 17.6. The van der Waals surface area contributed by atoms with E-state index in [0.717, 1.165) is 4.90 Å². The quantitative estimate of drug-likeness (QED) is 0.805. The number of likely N-dealkylation sites (tertiary alicyclic amines) is 1. The zero-order valence-electron chi connectivity index (χ0n) is 11.4. The first-order valence-electron chi connectivity index (χ1n) is 6.49. The predicted molar refractivity (Wildman–Crippen MR) is 61.1 cm³/mol. The largest absolute Gasteiger partial charge is 0.404 e. The van der Waals surface area contributed by atoms with Crippen LogP contribution in [0, 0.1) is 5.41 Å². The maximum absolute atomic E-state index is 12.9. The van der Waals surface area contributed by atoms with Crippen molar-refractivity contribution in [3.8, 4) is 0 Å². The second kappa shape index (κ2) is 5.36. The van der Waals surface area contributed by atoms with E-state index in [9.17, 15) is 31.4 Å². The van der Waals surface area contributed by atoms with E-state index in [1.165, 1.54) is 0 Å². The van der Waals surface area contributed by atoms with E-state index < -0.39 is 36.3 Å². The van der Waals surface area contributed by atoms with E-state index >= 15 is 0 Å². The molecule has 1 rings (SSSR count). The van der Waals surface area contributed by atoms with Crippen molar-refractivity contribution in [1.82, 2.24) is 4.90 Å². The lowest BCUT2D eigenvalue weighted by Gasteiger charge is -2.35. The molecular weight excluding hydrogens is 288 g/mol. The van der Waals surface area contributed by atoms with Crippen LogP contribution in [0.15, 0.2) is 0 Å². The fourth-order valence-corrected chi connectivity index (χ4v) is 2.54. The summed E-state index contributed by atoms with van der Waals surface area (Å²) in [5.41, 5.74) is -4.92. The summed E-state index contributed by atoms with van der Waals surface area (Å²) in [7, 11) is 0. The molecule has 0 unspecified atom stereocenters. The SMILES string of the molecule is CCC(O)(CC)CN1CCC(C(F)(F)F)(C(F)(F)F)C1. The number of β-amino-alcohol motifs (C(OH)–C–C–N with tert-alkyl or cyclic N) is 1. The Bertz CT molecular complexity index is 320. The number of hydrogen-bond acceptors (Lipinski definition) is 2. The number of halogens is 6. The molecule has 0 aliphatic carbocycles. The molecule has 0 aromatic carbocycles. The highest BCUT2D eigenvalue weighted by Gasteiger charge is 2.72. The number of alkyl halides is 6. The Kier molecular flexibility index (Phi) is 4.71. The van der Waals surface area contributed by atoms with Gasteiger partial charge in [0, 0.05) is 13.1 Å². The lowest BCUT2D eigenvalue weighted by Crippen LogP contribution is -2.52. The minimum Gasteiger partial charge on any atom is -0.389 e. The fraction of sp³-hybridized carbons (Fsp3) is 1.00. The highest BCUT2D eigenvalue weighted by atomic mass is 19.4. The van der Waals surface area contributed by atoms with E-state index in [4.69, 9.17) is 0 Å². The third-order valence-corrected chi connectivity index (χ3v) is 4.27. The van der Waals surface area contributed by atoms with Gasteiger partial charge in [-0.15, -0.1) is 0 Å². The third-order valence-electron chi connectivity index (χ3n) is 4.27. The molecule has 2 nitrogen and oxygen atoms in total. The maximum atomic E-state index is 12.9. The first-order valence-corrected chi connectivity index (χ1v) is 6.49. The van der Waals surface area contributed by atoms with Crippen molar-refractivity contribution in [1.29, 1.82) is 0 Å². The lowest BCUT2D eigenvalue weighted by atomic mass is 9.85. The van der Waals surface area contributed by atoms with Crippen molar-refractivity contribution in [3.63, 3.8) is 0 Å². The van der Waals surface area contributed by atoms with Crippen LogP contribution in [-0.2, 0) is 0 Å². The molecule has 1 aliphatic heterocycles. The molecule has 0 bridgehead atoms. The monoisotopic (exact) mass is 307 g/mol. The van der Waals surface area contributed by atoms with Gasteiger partial charge in [0.25, 0.3) is 0 Å². The summed E-state index contributed by atoms with van der Waals surface area (Å²) in [6.07, 6.45) is -11.1. The minimum atomic E-state index is -5.34. The predicted octanol–water partition coefficient (Wildman–Crippen LogP) is 3.35. The minimum absolute atomic E-state index is 0.173. The van der Waals surface area contributed by atoms with Crippen LogP contribution in [0.5, 0.6) is 0 Å². The Hall–Kier alpha value is -0.500. The van der Waals surface area contributed by atoms with Crippen molar-refractivity contribution in [2.75, 3.05) is 19.6 Å². The van der Waals surface area contributed by atoms with Crippen LogP contribution in [0.25, 0.3) is 0 Å². The normalized spacial score (nSPS) is 21.4. The third kappa shape index (κ3) is 3.05. The van der Waals surface area contributed by atoms with Crippen LogP contribution in [0.2, 0.25) is 0 Å². The zero-order valence-corrected chi connectivity index (χ0v) is 11.4. The molecule has 1 aliphatic rings. The second-order valence-corrected chi connectivity index (χ2v) is 5.47. The summed E-state index contributed by atoms with van der Waals surface area (Å²) >= 11 is 0. The molecule has 0 spiro atoms. The van der Waals surface area contributed by atoms with Gasteiger partial charge in [0.2, 0.25) is 0 Å². The molecular formula is C12H19F6NO. The van der Waals surface area contributed by atoms with Crippen LogP contribution < -0.4 is 0 Å². The second-order valence-electron chi connectivity index (χ2n) is 5.47. The Labute approximate surface area is 113 Å². The van der Waals surface area contributed by atoms with Crippen molar-refractivity contribution in [2.24, 2.45) is 5.41 Å². The molecule has 1 N–H and O–H groups in total. The summed E-state index contributed by atoms with van der Waals surface area (Å²) in [6, 6.07) is 0. The van der Waals surface area contributed by atoms with E-state index in [1.54, 1.807) is 13.8 Å². The van der Waals surface area contributed by atoms with Crippen LogP contribution in [-0.4, -0.2) is 47.6 Å². The lowest BCUT2D eigenvalue weighted by molar-refractivity contribution is -0.335. The number of aliphatic hydroxyl groups is 1. The van der Waals surface area contributed by atoms with Gasteiger partial charge >= 0.3 is 12.4 Å². The topological polar surface area (TPSA) is 23.5 Å². The molecule has 0 aromatic rings. The summed E-state index contributed by atoms with van der Waals surface area (Å²) in [6.45, 7) is 1.68. The first-order chi connectivity index (χ1) is 8.91. The molecule has 0 saturated carbocycles. The fourth-order valence-electron chi connectivity index (χ4n) is 2.54. The van der Waals surface area contributed by atoms with Gasteiger partial charge in [0.1, 0.15) is 0 Å². The van der Waals surface area contributed by atoms with Crippen LogP contribution in [0.1, 0.15) is 33.1 Å². The van der Waals surface area contributed by atoms with Gasteiger partial charge < -0.3 is 5.11 Å². The van der Waals surface area contributed by atoms with E-state index in [1.807, 2.05) is 0 Å². The Morgan fingerprint density at radius 3 is 1.75 bits per heavy atom. The van der Waals surface area contributed by atoms with Crippen LogP contribution in [0.3, 0.4) is 0 Å². The average Bonchev–Trinajstić information content (AvgIpc) is 2.73. The molecule has 0 atom stereocenters. The van der Waals surface area contributed by atoms with Gasteiger partial charge in [0.05, 0.1) is 5.60 Å². The van der Waals surface area contributed by atoms with Gasteiger partial charge in [-0.05, 0) is 25.8 Å². The van der Waals surface area contributed by atoms with Crippen molar-refractivity contribution >= 4 is 0 Å². The van der Waals surface area contributed by atoms with Gasteiger partial charge in [-0.2, -0.15) is 26.3 Å². The highest BCUT2D eigenvalue weighted by Crippen LogP contribution is 2.55. The zero-order chi connectivity index (χ0) is 15.8. The number of rotatable bonds is 4. The standard InChI is InChI=1S/C12H19F6NO/c1-3-9(20,4-2)7-19-6-5-10(8-19,11(13,14)15)12(16,17)18/h20H,3-8H2,1-2H3. The van der Waals surface area contributed by atoms with Crippen LogP contribution >= 0.6 is 0 Å². The van der Waals surface area contributed by atoms with Crippen molar-refractivity contribution < 1.29 is 31.4 Å². The molecule has 0 amide bonds. The number of hydrogen-bond donors (Lipinski definition) is 1. The molecule has 120 valence electrons. The molecule has 8 heteroatoms. The summed E-state index contributed by atoms with van der Waals surface area (Å²) in [5.74, 6) is 0. The number of nitrogens with zero attached hydrogens (tertiary/aromatic N) is 1. The Morgan fingerprint density at radius 1 is 1.00 bits per heavy atom. The van der Waals surface area contributed by atoms with E-state index in [0.29, 0.717) is 0 Å². The van der Waals surface area contributed by atoms with Gasteiger partial charge in [-0.1, -0.05) is 13.8 Å². The molecule has 0 radical (unpaired) electrons.